The van der Waals surface area contributed by atoms with Gasteiger partial charge in [-0.15, -0.1) is 0 Å². The van der Waals surface area contributed by atoms with Gasteiger partial charge in [-0.1, -0.05) is 0 Å². The number of fused-ring (bicyclic) bond motifs is 1. The SMILES string of the molecule is CCCC[C]1([Zr+2][CH]2C(C)=Cc3c(C)cc(C)cc32)C=CC(C)=C1.[Cl-].[Cl-]. The first-order valence-corrected chi connectivity index (χ1v) is 11.5. The van der Waals surface area contributed by atoms with E-state index in [1.54, 1.807) is 11.1 Å². The number of hydrogen-bond acceptors (Lipinski definition) is 0. The van der Waals surface area contributed by atoms with Crippen molar-refractivity contribution in [2.24, 2.45) is 0 Å². The zero-order chi connectivity index (χ0) is 16.6. The van der Waals surface area contributed by atoms with Crippen LogP contribution in [0.15, 0.2) is 41.5 Å². The van der Waals surface area contributed by atoms with Crippen LogP contribution in [0.2, 0.25) is 3.12 Å². The quantitative estimate of drug-likeness (QED) is 0.615. The van der Waals surface area contributed by atoms with Crippen molar-refractivity contribution in [2.45, 2.75) is 60.6 Å². The molecule has 0 aromatic heterocycles. The summed E-state index contributed by atoms with van der Waals surface area (Å²) < 4.78 is 1.18. The van der Waals surface area contributed by atoms with Crippen molar-refractivity contribution in [1.82, 2.24) is 0 Å². The Morgan fingerprint density at radius 2 is 1.80 bits per heavy atom. The van der Waals surface area contributed by atoms with Gasteiger partial charge in [-0.2, -0.15) is 0 Å². The molecular formula is C22H28Cl2Zr. The van der Waals surface area contributed by atoms with Crippen molar-refractivity contribution in [3.05, 3.63) is 63.8 Å². The van der Waals surface area contributed by atoms with Crippen LogP contribution >= 0.6 is 0 Å². The maximum atomic E-state index is 2.60. The molecular weight excluding hydrogens is 426 g/mol. The van der Waals surface area contributed by atoms with Gasteiger partial charge in [-0.05, 0) is 0 Å². The molecule has 2 atom stereocenters. The molecule has 0 fully saturated rings. The molecule has 0 saturated carbocycles. The smallest absolute Gasteiger partial charge is 1.00 e. The Labute approximate surface area is 177 Å². The van der Waals surface area contributed by atoms with Crippen molar-refractivity contribution < 1.29 is 48.0 Å². The summed E-state index contributed by atoms with van der Waals surface area (Å²) in [5, 5.41) is 0. The van der Waals surface area contributed by atoms with E-state index in [1.807, 2.05) is 0 Å². The summed E-state index contributed by atoms with van der Waals surface area (Å²) in [7, 11) is 0. The molecule has 0 spiro atoms. The van der Waals surface area contributed by atoms with Crippen LogP contribution in [-0.4, -0.2) is 0 Å². The van der Waals surface area contributed by atoms with Crippen LogP contribution in [0.1, 0.15) is 65.9 Å². The summed E-state index contributed by atoms with van der Waals surface area (Å²) in [5.41, 5.74) is 9.12. The van der Waals surface area contributed by atoms with Crippen LogP contribution in [-0.2, 0) is 23.2 Å². The largest absolute Gasteiger partial charge is 1.00 e. The van der Waals surface area contributed by atoms with Crippen molar-refractivity contribution in [3.8, 4) is 0 Å². The van der Waals surface area contributed by atoms with Crippen molar-refractivity contribution in [2.75, 3.05) is 0 Å². The second kappa shape index (κ2) is 9.21. The monoisotopic (exact) mass is 452 g/mol. The molecule has 3 heteroatoms. The molecule has 0 heterocycles. The first-order valence-electron chi connectivity index (χ1n) is 8.90. The van der Waals surface area contributed by atoms with E-state index in [1.165, 1.54) is 41.5 Å². The van der Waals surface area contributed by atoms with Gasteiger partial charge in [-0.25, -0.2) is 0 Å². The molecule has 0 amide bonds. The third-order valence-corrected chi connectivity index (χ3v) is 10.5. The molecule has 0 N–H and O–H groups in total. The van der Waals surface area contributed by atoms with E-state index >= 15 is 0 Å². The summed E-state index contributed by atoms with van der Waals surface area (Å²) in [6.07, 6.45) is 14.0. The Hall–Kier alpha value is -0.0969. The van der Waals surface area contributed by atoms with E-state index in [-0.39, 0.29) is 24.8 Å². The number of benzene rings is 1. The van der Waals surface area contributed by atoms with E-state index in [9.17, 15) is 0 Å². The zero-order valence-electron chi connectivity index (χ0n) is 15.9. The van der Waals surface area contributed by atoms with Crippen LogP contribution in [0.4, 0.5) is 0 Å². The molecule has 0 bridgehead atoms. The number of rotatable bonds is 5. The fourth-order valence-corrected chi connectivity index (χ4v) is 9.08. The van der Waals surface area contributed by atoms with Gasteiger partial charge in [-0.3, -0.25) is 0 Å². The van der Waals surface area contributed by atoms with Crippen LogP contribution < -0.4 is 24.8 Å². The Kier molecular flexibility index (Phi) is 8.45. The number of allylic oxidation sites excluding steroid dienone is 5. The van der Waals surface area contributed by atoms with E-state index in [0.717, 1.165) is 3.63 Å². The topological polar surface area (TPSA) is 0 Å². The van der Waals surface area contributed by atoms with E-state index in [0.29, 0.717) is 3.12 Å². The molecule has 0 nitrogen and oxygen atoms in total. The summed E-state index contributed by atoms with van der Waals surface area (Å²) in [4.78, 5) is 0. The Bertz CT molecular complexity index is 715. The molecule has 3 rings (SSSR count). The number of aryl methyl sites for hydroxylation is 2. The second-order valence-electron chi connectivity index (χ2n) is 7.42. The number of halogens is 2. The first-order chi connectivity index (χ1) is 10.9. The second-order valence-corrected chi connectivity index (χ2v) is 11.8. The maximum absolute atomic E-state index is 2.60. The normalized spacial score (nSPS) is 23.2. The summed E-state index contributed by atoms with van der Waals surface area (Å²) in [5.74, 6) is 0. The van der Waals surface area contributed by atoms with Crippen molar-refractivity contribution >= 4 is 6.08 Å². The molecule has 0 saturated heterocycles. The standard InChI is InChI=1S/C12H13.C10H15.2ClH.Zr/c1-8-4-10(3)12-7-9(2)6-11(12)5-8;1-3-4-5-10-7-6-9(2)8-10;;;/h4-7H,1-3H3;6-8H,3-5H2,1-2H3;2*1H;/q;;;;+2/p-2. The third kappa shape index (κ3) is 4.80. The average Bonchev–Trinajstić information content (AvgIpc) is 3.00. The predicted molar refractivity (Wildman–Crippen MR) is 97.4 cm³/mol. The van der Waals surface area contributed by atoms with Gasteiger partial charge in [0.05, 0.1) is 0 Å². The van der Waals surface area contributed by atoms with Crippen LogP contribution in [0.5, 0.6) is 0 Å². The molecule has 25 heavy (non-hydrogen) atoms. The van der Waals surface area contributed by atoms with Gasteiger partial charge in [0, 0.05) is 0 Å². The first kappa shape index (κ1) is 22.9. The Morgan fingerprint density at radius 3 is 2.40 bits per heavy atom. The van der Waals surface area contributed by atoms with Crippen molar-refractivity contribution in [3.63, 3.8) is 0 Å². The molecule has 2 unspecified atom stereocenters. The minimum Gasteiger partial charge on any atom is -1.00 e. The third-order valence-electron chi connectivity index (χ3n) is 5.19. The minimum atomic E-state index is -0.658. The fourth-order valence-electron chi connectivity index (χ4n) is 4.03. The molecule has 2 aliphatic rings. The molecule has 1 aromatic carbocycles. The van der Waals surface area contributed by atoms with Gasteiger partial charge in [0.15, 0.2) is 0 Å². The Morgan fingerprint density at radius 1 is 1.08 bits per heavy atom. The number of hydrogen-bond donors (Lipinski definition) is 0. The fraction of sp³-hybridized carbons (Fsp3) is 0.455. The van der Waals surface area contributed by atoms with E-state index in [2.05, 4.69) is 71.1 Å². The summed E-state index contributed by atoms with van der Waals surface area (Å²) in [6.45, 7) is 11.5. The van der Waals surface area contributed by atoms with Crippen LogP contribution in [0.3, 0.4) is 0 Å². The van der Waals surface area contributed by atoms with Crippen LogP contribution in [0, 0.1) is 13.8 Å². The van der Waals surface area contributed by atoms with Gasteiger partial charge in [0.2, 0.25) is 0 Å². The zero-order valence-corrected chi connectivity index (χ0v) is 19.9. The maximum Gasteiger partial charge on any atom is -1.00 e. The summed E-state index contributed by atoms with van der Waals surface area (Å²) >= 11 is -0.658. The van der Waals surface area contributed by atoms with Gasteiger partial charge in [0.1, 0.15) is 0 Å². The summed E-state index contributed by atoms with van der Waals surface area (Å²) in [6, 6.07) is 4.80. The average molecular weight is 455 g/mol. The van der Waals surface area contributed by atoms with E-state index in [4.69, 9.17) is 0 Å². The van der Waals surface area contributed by atoms with Gasteiger partial charge >= 0.3 is 154 Å². The van der Waals surface area contributed by atoms with Crippen LogP contribution in [0.25, 0.3) is 6.08 Å². The van der Waals surface area contributed by atoms with Crippen molar-refractivity contribution in [1.29, 1.82) is 0 Å². The molecule has 1 aromatic rings. The minimum absolute atomic E-state index is 0. The molecule has 2 aliphatic carbocycles. The van der Waals surface area contributed by atoms with Gasteiger partial charge < -0.3 is 24.8 Å². The Balaban J connectivity index is 0.00000156. The van der Waals surface area contributed by atoms with Gasteiger partial charge in [0.25, 0.3) is 0 Å². The molecule has 0 aliphatic heterocycles. The molecule has 0 radical (unpaired) electrons. The number of unbranched alkanes of at least 4 members (excludes halogenated alkanes) is 1. The predicted octanol–water partition coefficient (Wildman–Crippen LogP) is 0.717. The van der Waals surface area contributed by atoms with E-state index < -0.39 is 23.2 Å². The molecule has 134 valence electrons.